The van der Waals surface area contributed by atoms with E-state index in [0.29, 0.717) is 31.7 Å². The number of benzene rings is 2. The molecule has 0 bridgehead atoms. The lowest BCUT2D eigenvalue weighted by atomic mass is 10.0. The molecular formula is C23H28N4O4. The Balaban J connectivity index is 1.50. The molecule has 0 aliphatic carbocycles. The summed E-state index contributed by atoms with van der Waals surface area (Å²) >= 11 is 0. The summed E-state index contributed by atoms with van der Waals surface area (Å²) in [5.74, 6) is 0.687. The molecule has 1 amide bonds. The number of methoxy groups -OCH3 is 1. The Morgan fingerprint density at radius 1 is 0.903 bits per heavy atom. The van der Waals surface area contributed by atoms with Crippen LogP contribution in [0, 0.1) is 10.1 Å². The lowest BCUT2D eigenvalue weighted by Gasteiger charge is -2.37. The number of rotatable bonds is 5. The zero-order valence-corrected chi connectivity index (χ0v) is 17.8. The van der Waals surface area contributed by atoms with Crippen LogP contribution in [0.4, 0.5) is 17.1 Å². The smallest absolute Gasteiger partial charge is 0.270 e. The minimum atomic E-state index is -0.432. The van der Waals surface area contributed by atoms with E-state index in [9.17, 15) is 14.9 Å². The van der Waals surface area contributed by atoms with Crippen molar-refractivity contribution in [1.82, 2.24) is 4.90 Å². The average Bonchev–Trinajstić information content (AvgIpc) is 2.84. The summed E-state index contributed by atoms with van der Waals surface area (Å²) in [6.45, 7) is 4.34. The van der Waals surface area contributed by atoms with Gasteiger partial charge in [0.25, 0.3) is 11.6 Å². The maximum absolute atomic E-state index is 13.4. The van der Waals surface area contributed by atoms with Gasteiger partial charge in [-0.15, -0.1) is 0 Å². The molecule has 0 unspecified atom stereocenters. The summed E-state index contributed by atoms with van der Waals surface area (Å²) in [5.41, 5.74) is 2.31. The summed E-state index contributed by atoms with van der Waals surface area (Å²) in [6, 6.07) is 12.6. The van der Waals surface area contributed by atoms with E-state index in [0.717, 1.165) is 43.1 Å². The molecule has 2 fully saturated rings. The van der Waals surface area contributed by atoms with Gasteiger partial charge in [-0.1, -0.05) is 0 Å². The van der Waals surface area contributed by atoms with Gasteiger partial charge in [0, 0.05) is 57.1 Å². The Morgan fingerprint density at radius 3 is 2.19 bits per heavy atom. The van der Waals surface area contributed by atoms with Gasteiger partial charge in [-0.3, -0.25) is 14.9 Å². The minimum absolute atomic E-state index is 0.0408. The van der Waals surface area contributed by atoms with Crippen LogP contribution in [0.2, 0.25) is 0 Å². The monoisotopic (exact) mass is 424 g/mol. The van der Waals surface area contributed by atoms with Crippen molar-refractivity contribution >= 4 is 23.0 Å². The van der Waals surface area contributed by atoms with Crippen molar-refractivity contribution in [1.29, 1.82) is 0 Å². The second-order valence-corrected chi connectivity index (χ2v) is 7.98. The quantitative estimate of drug-likeness (QED) is 0.539. The highest BCUT2D eigenvalue weighted by Crippen LogP contribution is 2.30. The first kappa shape index (κ1) is 21.0. The van der Waals surface area contributed by atoms with Crippen LogP contribution in [0.15, 0.2) is 42.5 Å². The summed E-state index contributed by atoms with van der Waals surface area (Å²) in [7, 11) is 1.64. The Morgan fingerprint density at radius 2 is 1.58 bits per heavy atom. The van der Waals surface area contributed by atoms with E-state index in [4.69, 9.17) is 4.74 Å². The molecule has 8 nitrogen and oxygen atoms in total. The molecule has 0 atom stereocenters. The molecule has 2 aromatic rings. The molecule has 31 heavy (non-hydrogen) atoms. The number of piperazine rings is 1. The van der Waals surface area contributed by atoms with E-state index in [-0.39, 0.29) is 11.6 Å². The molecule has 8 heteroatoms. The first-order chi connectivity index (χ1) is 15.1. The normalized spacial score (nSPS) is 16.9. The van der Waals surface area contributed by atoms with Gasteiger partial charge < -0.3 is 19.4 Å². The molecule has 2 saturated heterocycles. The Labute approximate surface area is 182 Å². The van der Waals surface area contributed by atoms with Crippen molar-refractivity contribution in [2.45, 2.75) is 19.3 Å². The molecule has 0 spiro atoms. The molecule has 0 aromatic heterocycles. The predicted molar refractivity (Wildman–Crippen MR) is 120 cm³/mol. The summed E-state index contributed by atoms with van der Waals surface area (Å²) < 4.78 is 5.22. The van der Waals surface area contributed by atoms with Crippen molar-refractivity contribution in [3.8, 4) is 5.75 Å². The molecule has 2 aliphatic rings. The van der Waals surface area contributed by atoms with Gasteiger partial charge in [-0.25, -0.2) is 0 Å². The zero-order chi connectivity index (χ0) is 21.8. The number of carbonyl (C=O) groups excluding carboxylic acids is 1. The molecule has 0 radical (unpaired) electrons. The third-order valence-corrected chi connectivity index (χ3v) is 6.12. The van der Waals surface area contributed by atoms with Crippen LogP contribution in [0.1, 0.15) is 29.6 Å². The molecule has 2 heterocycles. The fourth-order valence-corrected chi connectivity index (χ4v) is 4.35. The van der Waals surface area contributed by atoms with Gasteiger partial charge in [0.05, 0.1) is 23.3 Å². The van der Waals surface area contributed by atoms with Crippen molar-refractivity contribution < 1.29 is 14.5 Å². The summed E-state index contributed by atoms with van der Waals surface area (Å²) in [4.78, 5) is 30.5. The Hall–Kier alpha value is -3.29. The molecule has 0 N–H and O–H groups in total. The standard InChI is InChI=1S/C23H28N4O4/c1-31-20-8-5-18(6-9-20)24-13-15-26(16-14-24)23(28)21-17-19(27(29)30)7-10-22(21)25-11-3-2-4-12-25/h5-10,17H,2-4,11-16H2,1H3. The van der Waals surface area contributed by atoms with Crippen molar-refractivity contribution in [2.75, 3.05) is 56.2 Å². The second kappa shape index (κ2) is 9.24. The van der Waals surface area contributed by atoms with Crippen LogP contribution in [-0.4, -0.2) is 62.1 Å². The maximum atomic E-state index is 13.4. The number of amides is 1. The molecule has 4 rings (SSSR count). The Kier molecular flexibility index (Phi) is 6.25. The van der Waals surface area contributed by atoms with Crippen LogP contribution in [-0.2, 0) is 0 Å². The average molecular weight is 425 g/mol. The summed E-state index contributed by atoms with van der Waals surface area (Å²) in [6.07, 6.45) is 3.33. The van der Waals surface area contributed by atoms with Crippen molar-refractivity contribution in [2.24, 2.45) is 0 Å². The number of nitrogens with zero attached hydrogens (tertiary/aromatic N) is 4. The van der Waals surface area contributed by atoms with Crippen LogP contribution >= 0.6 is 0 Å². The highest BCUT2D eigenvalue weighted by molar-refractivity contribution is 6.00. The lowest BCUT2D eigenvalue weighted by molar-refractivity contribution is -0.384. The first-order valence-electron chi connectivity index (χ1n) is 10.8. The fraction of sp³-hybridized carbons (Fsp3) is 0.435. The van der Waals surface area contributed by atoms with E-state index < -0.39 is 4.92 Å². The maximum Gasteiger partial charge on any atom is 0.270 e. The topological polar surface area (TPSA) is 79.2 Å². The van der Waals surface area contributed by atoms with E-state index in [1.165, 1.54) is 18.6 Å². The van der Waals surface area contributed by atoms with E-state index in [1.807, 2.05) is 29.2 Å². The van der Waals surface area contributed by atoms with Crippen LogP contribution in [0.5, 0.6) is 5.75 Å². The van der Waals surface area contributed by atoms with Crippen molar-refractivity contribution in [3.05, 3.63) is 58.1 Å². The number of anilines is 2. The van der Waals surface area contributed by atoms with E-state index in [1.54, 1.807) is 13.2 Å². The molecule has 2 aromatic carbocycles. The fourth-order valence-electron chi connectivity index (χ4n) is 4.35. The zero-order valence-electron chi connectivity index (χ0n) is 17.8. The van der Waals surface area contributed by atoms with Gasteiger partial charge in [0.2, 0.25) is 0 Å². The number of nitro groups is 1. The molecule has 164 valence electrons. The number of non-ortho nitro benzene ring substituents is 1. The number of piperidine rings is 1. The number of ether oxygens (including phenoxy) is 1. The summed E-state index contributed by atoms with van der Waals surface area (Å²) in [5, 5.41) is 11.3. The van der Waals surface area contributed by atoms with Crippen molar-refractivity contribution in [3.63, 3.8) is 0 Å². The van der Waals surface area contributed by atoms with Gasteiger partial charge >= 0.3 is 0 Å². The minimum Gasteiger partial charge on any atom is -0.497 e. The van der Waals surface area contributed by atoms with Crippen LogP contribution < -0.4 is 14.5 Å². The molecule has 0 saturated carbocycles. The number of hydrogen-bond acceptors (Lipinski definition) is 6. The third-order valence-electron chi connectivity index (χ3n) is 6.12. The third kappa shape index (κ3) is 4.57. The van der Waals surface area contributed by atoms with Gasteiger partial charge in [0.15, 0.2) is 0 Å². The SMILES string of the molecule is COc1ccc(N2CCN(C(=O)c3cc([N+](=O)[O-])ccc3N3CCCCC3)CC2)cc1. The van der Waals surface area contributed by atoms with Crippen LogP contribution in [0.25, 0.3) is 0 Å². The molecule has 2 aliphatic heterocycles. The Bertz CT molecular complexity index is 933. The second-order valence-electron chi connectivity index (χ2n) is 7.98. The van der Waals surface area contributed by atoms with E-state index in [2.05, 4.69) is 9.80 Å². The largest absolute Gasteiger partial charge is 0.497 e. The van der Waals surface area contributed by atoms with Gasteiger partial charge in [0.1, 0.15) is 5.75 Å². The number of nitro benzene ring substituents is 1. The first-order valence-corrected chi connectivity index (χ1v) is 10.8. The van der Waals surface area contributed by atoms with Gasteiger partial charge in [-0.05, 0) is 49.6 Å². The number of carbonyl (C=O) groups is 1. The van der Waals surface area contributed by atoms with E-state index >= 15 is 0 Å². The lowest BCUT2D eigenvalue weighted by Crippen LogP contribution is -2.49. The predicted octanol–water partition coefficient (Wildman–Crippen LogP) is 3.56. The highest BCUT2D eigenvalue weighted by atomic mass is 16.6. The number of hydrogen-bond donors (Lipinski definition) is 0. The molecular weight excluding hydrogens is 396 g/mol. The van der Waals surface area contributed by atoms with Crippen LogP contribution in [0.3, 0.4) is 0 Å². The van der Waals surface area contributed by atoms with Gasteiger partial charge in [-0.2, -0.15) is 0 Å². The highest BCUT2D eigenvalue weighted by Gasteiger charge is 2.27.